The van der Waals surface area contributed by atoms with Crippen molar-refractivity contribution in [1.82, 2.24) is 10.2 Å². The van der Waals surface area contributed by atoms with Crippen LogP contribution in [0.5, 0.6) is 0 Å². The van der Waals surface area contributed by atoms with Gasteiger partial charge in [0.25, 0.3) is 5.91 Å². The Kier molecular flexibility index (Phi) is 5.07. The first-order valence-corrected chi connectivity index (χ1v) is 11.3. The third-order valence-corrected chi connectivity index (χ3v) is 7.68. The standard InChI is InChI=1S/C25H30N2O4/c1-30-14-13-27-22(28)25(26-23(27)29)21-15-18(6-5-17-3-4-17)7-8-19(21)16-24(25)11-9-20(31-2)10-12-24/h7-8,15,17,20H,3-4,9-14,16H2,1-2H3,(H,26,29). The monoisotopic (exact) mass is 422 g/mol. The highest BCUT2D eigenvalue weighted by atomic mass is 16.5. The van der Waals surface area contributed by atoms with Crippen LogP contribution in [0.3, 0.4) is 0 Å². The molecule has 0 radical (unpaired) electrons. The molecule has 4 aliphatic rings. The first-order chi connectivity index (χ1) is 15.0. The number of methoxy groups -OCH3 is 2. The average Bonchev–Trinajstić information content (AvgIpc) is 3.53. The maximum Gasteiger partial charge on any atom is 0.325 e. The molecule has 1 aromatic carbocycles. The molecule has 164 valence electrons. The van der Waals surface area contributed by atoms with Gasteiger partial charge in [-0.2, -0.15) is 0 Å². The SMILES string of the molecule is COCCN1C(=O)NC2(C1=O)c1cc(C#CC3CC3)ccc1CC21CCC(OC)CC1. The van der Waals surface area contributed by atoms with Gasteiger partial charge in [0.05, 0.1) is 19.3 Å². The summed E-state index contributed by atoms with van der Waals surface area (Å²) in [5.74, 6) is 6.98. The highest BCUT2D eigenvalue weighted by Crippen LogP contribution is 2.60. The molecular weight excluding hydrogens is 392 g/mol. The van der Waals surface area contributed by atoms with Gasteiger partial charge in [-0.15, -0.1) is 0 Å². The van der Waals surface area contributed by atoms with E-state index in [0.29, 0.717) is 12.5 Å². The van der Waals surface area contributed by atoms with E-state index in [2.05, 4.69) is 35.4 Å². The summed E-state index contributed by atoms with van der Waals surface area (Å²) in [6, 6.07) is 5.91. The molecule has 0 aromatic heterocycles. The Labute approximate surface area is 183 Å². The molecule has 1 aromatic rings. The molecule has 1 unspecified atom stereocenters. The number of imide groups is 1. The van der Waals surface area contributed by atoms with E-state index in [0.717, 1.165) is 48.8 Å². The number of hydrogen-bond donors (Lipinski definition) is 1. The van der Waals surface area contributed by atoms with Crippen LogP contribution in [0.4, 0.5) is 4.79 Å². The largest absolute Gasteiger partial charge is 0.383 e. The maximum absolute atomic E-state index is 13.9. The third kappa shape index (κ3) is 3.18. The molecule has 31 heavy (non-hydrogen) atoms. The van der Waals surface area contributed by atoms with Gasteiger partial charge in [0.1, 0.15) is 0 Å². The smallest absolute Gasteiger partial charge is 0.325 e. The second kappa shape index (κ2) is 7.65. The zero-order valence-electron chi connectivity index (χ0n) is 18.3. The lowest BCUT2D eigenvalue weighted by Gasteiger charge is -2.46. The van der Waals surface area contributed by atoms with Crippen molar-refractivity contribution in [2.24, 2.45) is 11.3 Å². The van der Waals surface area contributed by atoms with Crippen molar-refractivity contribution in [2.45, 2.75) is 56.6 Å². The number of fused-ring (bicyclic) bond motifs is 3. The van der Waals surface area contributed by atoms with Crippen LogP contribution in [0.15, 0.2) is 18.2 Å². The number of carbonyl (C=O) groups is 2. The molecule has 6 nitrogen and oxygen atoms in total. The molecule has 1 heterocycles. The van der Waals surface area contributed by atoms with Gasteiger partial charge in [-0.3, -0.25) is 9.69 Å². The van der Waals surface area contributed by atoms with E-state index in [1.807, 2.05) is 0 Å². The zero-order chi connectivity index (χ0) is 21.6. The quantitative estimate of drug-likeness (QED) is 0.598. The lowest BCUT2D eigenvalue weighted by molar-refractivity contribution is -0.139. The highest BCUT2D eigenvalue weighted by Gasteiger charge is 2.68. The van der Waals surface area contributed by atoms with Crippen molar-refractivity contribution in [3.05, 3.63) is 34.9 Å². The van der Waals surface area contributed by atoms with Crippen LogP contribution in [0.25, 0.3) is 0 Å². The summed E-state index contributed by atoms with van der Waals surface area (Å²) < 4.78 is 10.8. The minimum atomic E-state index is -1.02. The average molecular weight is 423 g/mol. The molecule has 1 aliphatic heterocycles. The fraction of sp³-hybridized carbons (Fsp3) is 0.600. The van der Waals surface area contributed by atoms with Crippen LogP contribution < -0.4 is 5.32 Å². The summed E-state index contributed by atoms with van der Waals surface area (Å²) in [6.45, 7) is 0.587. The number of benzene rings is 1. The second-order valence-corrected chi connectivity index (χ2v) is 9.44. The molecule has 2 spiro atoms. The third-order valence-electron chi connectivity index (χ3n) is 7.68. The molecule has 5 rings (SSSR count). The number of ether oxygens (including phenoxy) is 2. The number of urea groups is 1. The van der Waals surface area contributed by atoms with Gasteiger partial charge in [-0.1, -0.05) is 17.9 Å². The van der Waals surface area contributed by atoms with Crippen molar-refractivity contribution in [3.8, 4) is 11.8 Å². The molecule has 1 saturated heterocycles. The minimum absolute atomic E-state index is 0.142. The van der Waals surface area contributed by atoms with Gasteiger partial charge in [0.2, 0.25) is 0 Å². The van der Waals surface area contributed by atoms with E-state index in [1.54, 1.807) is 14.2 Å². The fourth-order valence-corrected chi connectivity index (χ4v) is 5.79. The topological polar surface area (TPSA) is 67.9 Å². The maximum atomic E-state index is 13.9. The van der Waals surface area contributed by atoms with Gasteiger partial charge >= 0.3 is 6.03 Å². The van der Waals surface area contributed by atoms with Gasteiger partial charge in [-0.25, -0.2) is 4.79 Å². The van der Waals surface area contributed by atoms with Gasteiger partial charge in [-0.05, 0) is 68.2 Å². The molecule has 1 atom stereocenters. The number of nitrogens with zero attached hydrogens (tertiary/aromatic N) is 1. The van der Waals surface area contributed by atoms with E-state index < -0.39 is 5.54 Å². The predicted molar refractivity (Wildman–Crippen MR) is 115 cm³/mol. The number of rotatable bonds is 4. The Morgan fingerprint density at radius 2 is 1.94 bits per heavy atom. The van der Waals surface area contributed by atoms with E-state index in [-0.39, 0.29) is 30.0 Å². The summed E-state index contributed by atoms with van der Waals surface area (Å²) in [7, 11) is 3.33. The van der Waals surface area contributed by atoms with E-state index in [9.17, 15) is 9.59 Å². The number of nitrogens with one attached hydrogen (secondary N) is 1. The zero-order valence-corrected chi connectivity index (χ0v) is 18.3. The van der Waals surface area contributed by atoms with Crippen LogP contribution in [0.2, 0.25) is 0 Å². The fourth-order valence-electron chi connectivity index (χ4n) is 5.79. The van der Waals surface area contributed by atoms with Crippen LogP contribution in [0.1, 0.15) is 55.2 Å². The van der Waals surface area contributed by atoms with E-state index >= 15 is 0 Å². The van der Waals surface area contributed by atoms with E-state index in [1.165, 1.54) is 17.7 Å². The van der Waals surface area contributed by atoms with Crippen LogP contribution in [-0.4, -0.2) is 50.3 Å². The van der Waals surface area contributed by atoms with Crippen molar-refractivity contribution < 1.29 is 19.1 Å². The molecule has 6 heteroatoms. The molecule has 1 N–H and O–H groups in total. The Bertz CT molecular complexity index is 965. The Morgan fingerprint density at radius 3 is 2.61 bits per heavy atom. The van der Waals surface area contributed by atoms with Gasteiger partial charge < -0.3 is 14.8 Å². The molecule has 2 saturated carbocycles. The minimum Gasteiger partial charge on any atom is -0.383 e. The second-order valence-electron chi connectivity index (χ2n) is 9.44. The summed E-state index contributed by atoms with van der Waals surface area (Å²) in [6.07, 6.45) is 6.82. The van der Waals surface area contributed by atoms with Crippen LogP contribution in [0, 0.1) is 23.2 Å². The van der Waals surface area contributed by atoms with Crippen molar-refractivity contribution in [3.63, 3.8) is 0 Å². The molecule has 3 amide bonds. The van der Waals surface area contributed by atoms with Crippen LogP contribution >= 0.6 is 0 Å². The Balaban J connectivity index is 1.58. The number of hydrogen-bond acceptors (Lipinski definition) is 4. The normalized spacial score (nSPS) is 31.7. The van der Waals surface area contributed by atoms with Crippen molar-refractivity contribution in [1.29, 1.82) is 0 Å². The first kappa shape index (κ1) is 20.5. The molecular formula is C25H30N2O4. The summed E-state index contributed by atoms with van der Waals surface area (Å²) in [5.41, 5.74) is 1.65. The van der Waals surface area contributed by atoms with Crippen LogP contribution in [-0.2, 0) is 26.2 Å². The summed E-state index contributed by atoms with van der Waals surface area (Å²) >= 11 is 0. The highest BCUT2D eigenvalue weighted by molar-refractivity contribution is 6.09. The Hall–Kier alpha value is -2.36. The van der Waals surface area contributed by atoms with Crippen molar-refractivity contribution in [2.75, 3.05) is 27.4 Å². The Morgan fingerprint density at radius 1 is 1.16 bits per heavy atom. The molecule has 3 aliphatic carbocycles. The number of amides is 3. The summed E-state index contributed by atoms with van der Waals surface area (Å²) in [4.78, 5) is 28.3. The molecule has 3 fully saturated rings. The summed E-state index contributed by atoms with van der Waals surface area (Å²) in [5, 5.41) is 3.18. The lowest BCUT2D eigenvalue weighted by Crippen LogP contribution is -2.56. The molecule has 0 bridgehead atoms. The lowest BCUT2D eigenvalue weighted by atomic mass is 9.61. The van der Waals surface area contributed by atoms with Gasteiger partial charge in [0.15, 0.2) is 5.54 Å². The first-order valence-electron chi connectivity index (χ1n) is 11.3. The van der Waals surface area contributed by atoms with Gasteiger partial charge in [0, 0.05) is 31.1 Å². The van der Waals surface area contributed by atoms with E-state index in [4.69, 9.17) is 9.47 Å². The van der Waals surface area contributed by atoms with Crippen molar-refractivity contribution >= 4 is 11.9 Å². The predicted octanol–water partition coefficient (Wildman–Crippen LogP) is 2.97. The number of carbonyl (C=O) groups excluding carboxylic acids is 2.